The summed E-state index contributed by atoms with van der Waals surface area (Å²) in [6.07, 6.45) is 0. The van der Waals surface area contributed by atoms with Crippen molar-refractivity contribution in [2.24, 2.45) is 0 Å². The number of hydrogen-bond donors (Lipinski definition) is 2. The number of nitrogens with zero attached hydrogens (tertiary/aromatic N) is 3. The van der Waals surface area contributed by atoms with Crippen molar-refractivity contribution < 1.29 is 19.0 Å². The molecule has 7 rings (SSSR count). The standard InChI is InChI=1S/C34H32ClN5O3/c1-38(2)24-11-9-23(10-12-24)36-27-19-28(32-31-30(27)33(41)25-6-4-5-7-26(25)34(31)43-37-32)40-16-14-39(15-17-40)20-21-18-22(35)8-13-29(21)42-3/h4-13,18-19,36H,14-17,20H2,1-3H3/p+1. The molecule has 43 heavy (non-hydrogen) atoms. The number of carbonyl (C=O) groups is 1. The maximum absolute atomic E-state index is 14.0. The molecule has 2 N–H and O–H groups in total. The fourth-order valence-electron chi connectivity index (χ4n) is 6.28. The van der Waals surface area contributed by atoms with Gasteiger partial charge >= 0.3 is 0 Å². The predicted octanol–water partition coefficient (Wildman–Crippen LogP) is 5.42. The van der Waals surface area contributed by atoms with Crippen LogP contribution in [-0.2, 0) is 6.54 Å². The molecule has 0 spiro atoms. The summed E-state index contributed by atoms with van der Waals surface area (Å²) in [5, 5.41) is 9.61. The van der Waals surface area contributed by atoms with E-state index >= 15 is 0 Å². The number of piperazine rings is 1. The quantitative estimate of drug-likeness (QED) is 0.256. The number of anilines is 4. The number of nitrogens with one attached hydrogen (secondary N) is 2. The molecule has 2 aliphatic rings. The van der Waals surface area contributed by atoms with Crippen LogP contribution in [0.5, 0.6) is 5.75 Å². The monoisotopic (exact) mass is 594 g/mol. The van der Waals surface area contributed by atoms with Crippen LogP contribution in [0.4, 0.5) is 22.7 Å². The zero-order valence-electron chi connectivity index (χ0n) is 24.4. The van der Waals surface area contributed by atoms with Gasteiger partial charge in [0, 0.05) is 47.2 Å². The number of halogens is 1. The summed E-state index contributed by atoms with van der Waals surface area (Å²) in [5.74, 6) is 1.48. The number of ketones is 1. The molecule has 0 radical (unpaired) electrons. The van der Waals surface area contributed by atoms with Crippen LogP contribution < -0.4 is 24.8 Å². The molecule has 0 atom stereocenters. The Kier molecular flexibility index (Phi) is 6.95. The van der Waals surface area contributed by atoms with Gasteiger partial charge in [0.15, 0.2) is 11.5 Å². The normalized spacial score (nSPS) is 14.6. The molecule has 0 unspecified atom stereocenters. The van der Waals surface area contributed by atoms with E-state index in [9.17, 15) is 4.79 Å². The summed E-state index contributed by atoms with van der Waals surface area (Å²) in [7, 11) is 5.73. The lowest BCUT2D eigenvalue weighted by atomic mass is 9.86. The first-order chi connectivity index (χ1) is 20.9. The largest absolute Gasteiger partial charge is 0.496 e. The van der Waals surface area contributed by atoms with E-state index < -0.39 is 0 Å². The van der Waals surface area contributed by atoms with Crippen molar-refractivity contribution in [2.75, 3.05) is 62.5 Å². The molecule has 0 bridgehead atoms. The van der Waals surface area contributed by atoms with Crippen LogP contribution >= 0.6 is 11.6 Å². The Hall–Kier alpha value is -4.53. The lowest BCUT2D eigenvalue weighted by Gasteiger charge is -2.34. The van der Waals surface area contributed by atoms with Crippen LogP contribution in [-0.4, -0.2) is 58.3 Å². The Morgan fingerprint density at radius 3 is 2.49 bits per heavy atom. The number of carbonyl (C=O) groups excluding carboxylic acids is 1. The molecule has 1 saturated heterocycles. The summed E-state index contributed by atoms with van der Waals surface area (Å²) in [6.45, 7) is 4.36. The molecular formula is C34H33ClN5O3+. The van der Waals surface area contributed by atoms with Gasteiger partial charge in [-0.1, -0.05) is 41.0 Å². The highest BCUT2D eigenvalue weighted by molar-refractivity contribution is 6.30. The van der Waals surface area contributed by atoms with E-state index in [0.29, 0.717) is 21.9 Å². The minimum atomic E-state index is -0.0278. The van der Waals surface area contributed by atoms with Crippen LogP contribution in [0.3, 0.4) is 0 Å². The van der Waals surface area contributed by atoms with Crippen molar-refractivity contribution in [3.63, 3.8) is 0 Å². The predicted molar refractivity (Wildman–Crippen MR) is 172 cm³/mol. The van der Waals surface area contributed by atoms with Crippen molar-refractivity contribution in [3.8, 4) is 17.1 Å². The zero-order chi connectivity index (χ0) is 29.7. The number of quaternary nitrogens is 1. The molecule has 5 aromatic rings. The van der Waals surface area contributed by atoms with E-state index in [1.165, 1.54) is 4.90 Å². The van der Waals surface area contributed by atoms with E-state index in [0.717, 1.165) is 83.3 Å². The van der Waals surface area contributed by atoms with E-state index in [4.69, 9.17) is 20.9 Å². The molecule has 1 aliphatic carbocycles. The molecule has 0 saturated carbocycles. The van der Waals surface area contributed by atoms with E-state index in [1.807, 2.05) is 68.7 Å². The minimum Gasteiger partial charge on any atom is -0.496 e. The zero-order valence-corrected chi connectivity index (χ0v) is 25.2. The Balaban J connectivity index is 1.25. The molecule has 218 valence electrons. The number of hydrogen-bond acceptors (Lipinski definition) is 7. The topological polar surface area (TPSA) is 75.3 Å². The summed E-state index contributed by atoms with van der Waals surface area (Å²) in [5.41, 5.74) is 7.56. The molecule has 1 aliphatic heterocycles. The number of benzene rings is 4. The Morgan fingerprint density at radius 2 is 1.77 bits per heavy atom. The van der Waals surface area contributed by atoms with Crippen molar-refractivity contribution in [3.05, 3.63) is 94.5 Å². The van der Waals surface area contributed by atoms with Crippen LogP contribution in [0.25, 0.3) is 22.2 Å². The third-order valence-corrected chi connectivity index (χ3v) is 8.77. The summed E-state index contributed by atoms with van der Waals surface area (Å²) >= 11 is 6.30. The molecule has 1 fully saturated rings. The van der Waals surface area contributed by atoms with Gasteiger partial charge in [-0.05, 0) is 48.5 Å². The maximum atomic E-state index is 14.0. The van der Waals surface area contributed by atoms with Crippen molar-refractivity contribution >= 4 is 51.0 Å². The van der Waals surface area contributed by atoms with Crippen molar-refractivity contribution in [1.82, 2.24) is 5.16 Å². The van der Waals surface area contributed by atoms with Gasteiger partial charge in [0.1, 0.15) is 17.8 Å². The SMILES string of the molecule is COc1ccc(Cl)cc1C[NH+]1CCN(c2cc(Nc3ccc(N(C)C)cc3)c3c4c(onc24)-c2ccccc2C3=O)CC1. The van der Waals surface area contributed by atoms with E-state index in [-0.39, 0.29) is 5.78 Å². The number of rotatable bonds is 7. The third kappa shape index (κ3) is 4.86. The third-order valence-electron chi connectivity index (χ3n) is 8.54. The van der Waals surface area contributed by atoms with Gasteiger partial charge in [0.05, 0.1) is 55.6 Å². The fraction of sp³-hybridized carbons (Fsp3) is 0.235. The van der Waals surface area contributed by atoms with Gasteiger partial charge in [0.2, 0.25) is 0 Å². The van der Waals surface area contributed by atoms with Gasteiger partial charge in [-0.3, -0.25) is 4.79 Å². The highest BCUT2D eigenvalue weighted by Gasteiger charge is 2.34. The van der Waals surface area contributed by atoms with Gasteiger partial charge in [-0.25, -0.2) is 0 Å². The number of methoxy groups -OCH3 is 1. The van der Waals surface area contributed by atoms with Gasteiger partial charge in [-0.2, -0.15) is 0 Å². The molecule has 4 aromatic carbocycles. The second-order valence-electron chi connectivity index (χ2n) is 11.4. The van der Waals surface area contributed by atoms with Crippen molar-refractivity contribution in [1.29, 1.82) is 0 Å². The molecule has 8 nitrogen and oxygen atoms in total. The summed E-state index contributed by atoms with van der Waals surface area (Å²) in [6, 6.07) is 23.7. The average Bonchev–Trinajstić information content (AvgIpc) is 3.46. The average molecular weight is 595 g/mol. The summed E-state index contributed by atoms with van der Waals surface area (Å²) < 4.78 is 11.6. The number of aromatic nitrogens is 1. The van der Waals surface area contributed by atoms with E-state index in [1.54, 1.807) is 7.11 Å². The van der Waals surface area contributed by atoms with Crippen LogP contribution in [0.1, 0.15) is 21.5 Å². The molecular weight excluding hydrogens is 562 g/mol. The first-order valence-corrected chi connectivity index (χ1v) is 14.8. The lowest BCUT2D eigenvalue weighted by molar-refractivity contribution is -0.914. The molecule has 0 amide bonds. The van der Waals surface area contributed by atoms with Gasteiger partial charge < -0.3 is 29.3 Å². The number of fused-ring (bicyclic) bond motifs is 2. The van der Waals surface area contributed by atoms with Crippen LogP contribution in [0.15, 0.2) is 77.3 Å². The second kappa shape index (κ2) is 10.9. The first kappa shape index (κ1) is 27.3. The minimum absolute atomic E-state index is 0.0278. The maximum Gasteiger partial charge on any atom is 0.196 e. The van der Waals surface area contributed by atoms with Crippen molar-refractivity contribution in [2.45, 2.75) is 6.54 Å². The first-order valence-electron chi connectivity index (χ1n) is 14.5. The van der Waals surface area contributed by atoms with Crippen LogP contribution in [0.2, 0.25) is 5.02 Å². The lowest BCUT2D eigenvalue weighted by Crippen LogP contribution is -3.13. The highest BCUT2D eigenvalue weighted by atomic mass is 35.5. The fourth-order valence-corrected chi connectivity index (χ4v) is 6.47. The Labute approximate surface area is 255 Å². The van der Waals surface area contributed by atoms with Crippen LogP contribution in [0, 0.1) is 0 Å². The van der Waals surface area contributed by atoms with E-state index in [2.05, 4.69) is 38.5 Å². The number of ether oxygens (including phenoxy) is 1. The molecule has 2 heterocycles. The smallest absolute Gasteiger partial charge is 0.196 e. The van der Waals surface area contributed by atoms with Gasteiger partial charge in [0.25, 0.3) is 0 Å². The Bertz CT molecular complexity index is 1840. The summed E-state index contributed by atoms with van der Waals surface area (Å²) in [4.78, 5) is 19.8. The molecule has 1 aromatic heterocycles. The Morgan fingerprint density at radius 1 is 1.02 bits per heavy atom. The second-order valence-corrected chi connectivity index (χ2v) is 11.8. The molecule has 9 heteroatoms. The highest BCUT2D eigenvalue weighted by Crippen LogP contribution is 2.46. The van der Waals surface area contributed by atoms with Gasteiger partial charge in [-0.15, -0.1) is 0 Å².